The molecule has 1 N–H and O–H groups in total. The fourth-order valence-corrected chi connectivity index (χ4v) is 3.36. The lowest BCUT2D eigenvalue weighted by Crippen LogP contribution is -2.17. The summed E-state index contributed by atoms with van der Waals surface area (Å²) in [5.74, 6) is 0.381. The number of pyridine rings is 2. The van der Waals surface area contributed by atoms with Gasteiger partial charge >= 0.3 is 0 Å². The highest BCUT2D eigenvalue weighted by Gasteiger charge is 2.22. The lowest BCUT2D eigenvalue weighted by molar-refractivity contribution is -0.115. The summed E-state index contributed by atoms with van der Waals surface area (Å²) in [6, 6.07) is 5.66. The van der Waals surface area contributed by atoms with Crippen LogP contribution in [0, 0.1) is 0 Å². The highest BCUT2D eigenvalue weighted by molar-refractivity contribution is 8.26. The van der Waals surface area contributed by atoms with Crippen LogP contribution in [0.1, 0.15) is 5.76 Å². The fraction of sp³-hybridized carbons (Fsp3) is 0. The molecule has 23 heavy (non-hydrogen) atoms. The number of furan rings is 1. The van der Waals surface area contributed by atoms with Crippen molar-refractivity contribution in [2.75, 3.05) is 0 Å². The zero-order valence-electron chi connectivity index (χ0n) is 11.6. The van der Waals surface area contributed by atoms with Gasteiger partial charge in [0.1, 0.15) is 15.7 Å². The second-order valence-corrected chi connectivity index (χ2v) is 6.57. The Morgan fingerprint density at radius 1 is 1.26 bits per heavy atom. The van der Waals surface area contributed by atoms with Gasteiger partial charge in [-0.25, -0.2) is 0 Å². The molecular formula is C16H9N3O2S2. The molecule has 0 atom stereocenters. The highest BCUT2D eigenvalue weighted by atomic mass is 32.2. The Hall–Kier alpha value is -2.51. The molecule has 3 aromatic heterocycles. The van der Waals surface area contributed by atoms with Crippen molar-refractivity contribution >= 4 is 51.3 Å². The number of thioether (sulfide) groups is 1. The van der Waals surface area contributed by atoms with Crippen LogP contribution < -0.4 is 5.32 Å². The molecule has 3 aromatic rings. The molecule has 0 bridgehead atoms. The summed E-state index contributed by atoms with van der Waals surface area (Å²) in [7, 11) is 0. The first-order chi connectivity index (χ1) is 11.2. The molecule has 1 saturated heterocycles. The molecule has 112 valence electrons. The summed E-state index contributed by atoms with van der Waals surface area (Å²) in [5, 5.41) is 3.45. The molecule has 0 saturated carbocycles. The quantitative estimate of drug-likeness (QED) is 0.570. The standard InChI is InChI=1S/C16H9N3O2S2/c20-15-13(23-16(22)19-15)5-11-4-10-7-18-8-12(14(10)21-11)9-2-1-3-17-6-9/h1-8H,(H,19,20,22)/b13-5-. The number of carbonyl (C=O) groups excluding carboxylic acids is 1. The monoisotopic (exact) mass is 339 g/mol. The van der Waals surface area contributed by atoms with Crippen LogP contribution in [-0.4, -0.2) is 20.2 Å². The number of hydrogen-bond donors (Lipinski definition) is 1. The number of nitrogens with one attached hydrogen (secondary N) is 1. The number of rotatable bonds is 2. The predicted molar refractivity (Wildman–Crippen MR) is 93.5 cm³/mol. The molecule has 0 spiro atoms. The number of aromatic nitrogens is 2. The summed E-state index contributed by atoms with van der Waals surface area (Å²) < 4.78 is 6.37. The zero-order chi connectivity index (χ0) is 15.8. The average Bonchev–Trinajstić information content (AvgIpc) is 3.10. The fourth-order valence-electron chi connectivity index (χ4n) is 2.33. The number of fused-ring (bicyclic) bond motifs is 1. The molecule has 7 heteroatoms. The van der Waals surface area contributed by atoms with E-state index in [0.717, 1.165) is 16.5 Å². The second kappa shape index (κ2) is 5.60. The van der Waals surface area contributed by atoms with Gasteiger partial charge in [0.25, 0.3) is 5.91 Å². The molecule has 4 heterocycles. The smallest absolute Gasteiger partial charge is 0.263 e. The van der Waals surface area contributed by atoms with E-state index in [1.807, 2.05) is 18.2 Å². The van der Waals surface area contributed by atoms with Gasteiger partial charge in [-0.05, 0) is 12.1 Å². The maximum absolute atomic E-state index is 11.7. The molecule has 0 aliphatic carbocycles. The first-order valence-electron chi connectivity index (χ1n) is 6.73. The summed E-state index contributed by atoms with van der Waals surface area (Å²) in [6.45, 7) is 0. The molecule has 0 aromatic carbocycles. The van der Waals surface area contributed by atoms with Gasteiger partial charge < -0.3 is 9.73 Å². The van der Waals surface area contributed by atoms with Crippen molar-refractivity contribution in [3.05, 3.63) is 53.7 Å². The Bertz CT molecular complexity index is 964. The highest BCUT2D eigenvalue weighted by Crippen LogP contribution is 2.32. The van der Waals surface area contributed by atoms with Crippen LogP contribution in [-0.2, 0) is 4.79 Å². The number of thiocarbonyl (C=S) groups is 1. The van der Waals surface area contributed by atoms with Gasteiger partial charge in [-0.1, -0.05) is 30.0 Å². The lowest BCUT2D eigenvalue weighted by Gasteiger charge is -2.00. The summed E-state index contributed by atoms with van der Waals surface area (Å²) in [4.78, 5) is 20.6. The van der Waals surface area contributed by atoms with Crippen LogP contribution in [0.15, 0.2) is 52.3 Å². The van der Waals surface area contributed by atoms with Crippen LogP contribution in [0.2, 0.25) is 0 Å². The number of amides is 1. The minimum Gasteiger partial charge on any atom is -0.456 e. The molecule has 1 amide bonds. The van der Waals surface area contributed by atoms with E-state index in [9.17, 15) is 4.79 Å². The number of nitrogens with zero attached hydrogens (tertiary/aromatic N) is 2. The van der Waals surface area contributed by atoms with Crippen molar-refractivity contribution in [3.8, 4) is 11.1 Å². The maximum atomic E-state index is 11.7. The topological polar surface area (TPSA) is 68.0 Å². The third-order valence-corrected chi connectivity index (χ3v) is 4.49. The molecular weight excluding hydrogens is 330 g/mol. The largest absolute Gasteiger partial charge is 0.456 e. The molecule has 4 rings (SSSR count). The van der Waals surface area contributed by atoms with E-state index in [1.165, 1.54) is 11.8 Å². The molecule has 5 nitrogen and oxygen atoms in total. The van der Waals surface area contributed by atoms with Crippen molar-refractivity contribution in [1.82, 2.24) is 15.3 Å². The third kappa shape index (κ3) is 2.64. The van der Waals surface area contributed by atoms with Gasteiger partial charge in [0.05, 0.1) is 4.91 Å². The number of carbonyl (C=O) groups is 1. The molecule has 0 unspecified atom stereocenters. The van der Waals surface area contributed by atoms with Crippen molar-refractivity contribution in [3.63, 3.8) is 0 Å². The number of hydrogen-bond acceptors (Lipinski definition) is 6. The zero-order valence-corrected chi connectivity index (χ0v) is 13.3. The van der Waals surface area contributed by atoms with E-state index in [0.29, 0.717) is 20.6 Å². The molecule has 1 aliphatic heterocycles. The minimum absolute atomic E-state index is 0.203. The van der Waals surface area contributed by atoms with Gasteiger partial charge in [-0.2, -0.15) is 0 Å². The van der Waals surface area contributed by atoms with Gasteiger partial charge in [0.15, 0.2) is 0 Å². The normalized spacial score (nSPS) is 16.3. The Morgan fingerprint density at radius 2 is 2.17 bits per heavy atom. The van der Waals surface area contributed by atoms with E-state index in [-0.39, 0.29) is 5.91 Å². The van der Waals surface area contributed by atoms with E-state index >= 15 is 0 Å². The van der Waals surface area contributed by atoms with Crippen LogP contribution in [0.3, 0.4) is 0 Å². The first-order valence-corrected chi connectivity index (χ1v) is 7.96. The molecule has 1 aliphatic rings. The van der Waals surface area contributed by atoms with Crippen LogP contribution in [0.5, 0.6) is 0 Å². The lowest BCUT2D eigenvalue weighted by atomic mass is 10.1. The Morgan fingerprint density at radius 3 is 2.91 bits per heavy atom. The molecule has 0 radical (unpaired) electrons. The first kappa shape index (κ1) is 14.1. The predicted octanol–water partition coefficient (Wildman–Crippen LogP) is 3.38. The van der Waals surface area contributed by atoms with Crippen LogP contribution >= 0.6 is 24.0 Å². The Labute approximate surface area is 140 Å². The summed E-state index contributed by atoms with van der Waals surface area (Å²) in [6.07, 6.45) is 8.63. The summed E-state index contributed by atoms with van der Waals surface area (Å²) >= 11 is 6.21. The van der Waals surface area contributed by atoms with Crippen molar-refractivity contribution < 1.29 is 9.21 Å². The Kier molecular flexibility index (Phi) is 3.44. The average molecular weight is 339 g/mol. The van der Waals surface area contributed by atoms with E-state index in [4.69, 9.17) is 16.6 Å². The van der Waals surface area contributed by atoms with Crippen molar-refractivity contribution in [2.24, 2.45) is 0 Å². The van der Waals surface area contributed by atoms with Crippen LogP contribution in [0.4, 0.5) is 0 Å². The van der Waals surface area contributed by atoms with Crippen molar-refractivity contribution in [1.29, 1.82) is 0 Å². The van der Waals surface area contributed by atoms with E-state index in [2.05, 4.69) is 15.3 Å². The maximum Gasteiger partial charge on any atom is 0.263 e. The van der Waals surface area contributed by atoms with Gasteiger partial charge in [0.2, 0.25) is 0 Å². The van der Waals surface area contributed by atoms with Crippen molar-refractivity contribution in [2.45, 2.75) is 0 Å². The van der Waals surface area contributed by atoms with Crippen LogP contribution in [0.25, 0.3) is 28.2 Å². The summed E-state index contributed by atoms with van der Waals surface area (Å²) in [5.41, 5.74) is 2.50. The van der Waals surface area contributed by atoms with Gasteiger partial charge in [0, 0.05) is 47.4 Å². The van der Waals surface area contributed by atoms with Gasteiger partial charge in [-0.3, -0.25) is 14.8 Å². The van der Waals surface area contributed by atoms with Gasteiger partial charge in [-0.15, -0.1) is 0 Å². The van der Waals surface area contributed by atoms with E-state index < -0.39 is 0 Å². The Balaban J connectivity index is 1.82. The molecule has 1 fully saturated rings. The second-order valence-electron chi connectivity index (χ2n) is 4.85. The third-order valence-electron chi connectivity index (χ3n) is 3.33. The minimum atomic E-state index is -0.203. The SMILES string of the molecule is O=C1NC(=S)S/C1=C\c1cc2cncc(-c3cccnc3)c2o1. The van der Waals surface area contributed by atoms with E-state index in [1.54, 1.807) is 30.9 Å².